The Morgan fingerprint density at radius 1 is 0.929 bits per heavy atom. The molecule has 0 unspecified atom stereocenters. The lowest BCUT2D eigenvalue weighted by Gasteiger charge is -2.04. The Hall–Kier alpha value is -1.89. The van der Waals surface area contributed by atoms with Crippen molar-refractivity contribution in [2.75, 3.05) is 0 Å². The van der Waals surface area contributed by atoms with E-state index in [1.54, 1.807) is 6.20 Å². The van der Waals surface area contributed by atoms with Crippen molar-refractivity contribution in [3.63, 3.8) is 0 Å². The van der Waals surface area contributed by atoms with E-state index in [1.165, 1.54) is 0 Å². The fourth-order valence-corrected chi connectivity index (χ4v) is 1.35. The smallest absolute Gasteiger partial charge is 0.0346 e. The normalized spacial score (nSPS) is 9.71. The third kappa shape index (κ3) is 1.72. The van der Waals surface area contributed by atoms with Crippen LogP contribution >= 0.6 is 0 Å². The quantitative estimate of drug-likeness (QED) is 0.693. The number of benzene rings is 1. The van der Waals surface area contributed by atoms with Gasteiger partial charge in [0.2, 0.25) is 0 Å². The van der Waals surface area contributed by atoms with Gasteiger partial charge in [-0.05, 0) is 22.8 Å². The van der Waals surface area contributed by atoms with Crippen molar-refractivity contribution in [3.05, 3.63) is 72.6 Å². The molecule has 14 heavy (non-hydrogen) atoms. The van der Waals surface area contributed by atoms with Crippen LogP contribution in [0.4, 0.5) is 0 Å². The Kier molecular flexibility index (Phi) is 2.41. The van der Waals surface area contributed by atoms with Gasteiger partial charge in [-0.25, -0.2) is 0 Å². The molecule has 2 aromatic rings. The molecule has 0 amide bonds. The van der Waals surface area contributed by atoms with Gasteiger partial charge in [0.05, 0.1) is 0 Å². The number of hydrogen-bond acceptors (Lipinski definition) is 1. The maximum Gasteiger partial charge on any atom is 0.0346 e. The maximum absolute atomic E-state index is 4.07. The zero-order chi connectivity index (χ0) is 9.80. The summed E-state index contributed by atoms with van der Waals surface area (Å²) in [5, 5.41) is 0. The monoisotopic (exact) mass is 181 g/mol. The molecule has 2 rings (SSSR count). The lowest BCUT2D eigenvalue weighted by atomic mass is 10.0. The Morgan fingerprint density at radius 3 is 2.29 bits per heavy atom. The molecule has 0 radical (unpaired) electrons. The first-order chi connectivity index (χ1) is 6.88. The van der Waals surface area contributed by atoms with Crippen LogP contribution in [0.2, 0.25) is 0 Å². The van der Waals surface area contributed by atoms with Gasteiger partial charge in [0.15, 0.2) is 0 Å². The summed E-state index contributed by atoms with van der Waals surface area (Å²) < 4.78 is 0. The lowest BCUT2D eigenvalue weighted by Crippen LogP contribution is -1.85. The van der Waals surface area contributed by atoms with Crippen LogP contribution in [-0.4, -0.2) is 4.98 Å². The zero-order valence-electron chi connectivity index (χ0n) is 7.85. The Bertz CT molecular complexity index is 376. The molecule has 0 aliphatic heterocycles. The van der Waals surface area contributed by atoms with E-state index in [0.29, 0.717) is 0 Å². The summed E-state index contributed by atoms with van der Waals surface area (Å²) in [6, 6.07) is 14.1. The number of hydrogen-bond donors (Lipinski definition) is 0. The van der Waals surface area contributed by atoms with Gasteiger partial charge in [0.25, 0.3) is 0 Å². The van der Waals surface area contributed by atoms with Crippen molar-refractivity contribution in [2.24, 2.45) is 0 Å². The van der Waals surface area contributed by atoms with Crippen molar-refractivity contribution in [2.45, 2.75) is 0 Å². The molecule has 0 saturated carbocycles. The van der Waals surface area contributed by atoms with Gasteiger partial charge in [-0.2, -0.15) is 0 Å². The molecule has 0 saturated heterocycles. The number of nitrogens with zero attached hydrogens (tertiary/aromatic N) is 1. The number of rotatable bonds is 2. The largest absolute Gasteiger partial charge is 0.264 e. The van der Waals surface area contributed by atoms with E-state index in [4.69, 9.17) is 0 Å². The molecule has 1 heteroatoms. The lowest BCUT2D eigenvalue weighted by molar-refractivity contribution is 1.31. The topological polar surface area (TPSA) is 12.9 Å². The van der Waals surface area contributed by atoms with E-state index in [0.717, 1.165) is 16.7 Å². The van der Waals surface area contributed by atoms with Crippen LogP contribution < -0.4 is 0 Å². The average Bonchev–Trinajstić information content (AvgIpc) is 2.30. The molecule has 1 heterocycles. The molecule has 0 N–H and O–H groups in total. The van der Waals surface area contributed by atoms with Gasteiger partial charge in [0.1, 0.15) is 0 Å². The Morgan fingerprint density at radius 2 is 1.64 bits per heavy atom. The van der Waals surface area contributed by atoms with Crippen LogP contribution in [0.15, 0.2) is 61.4 Å². The second-order valence-corrected chi connectivity index (χ2v) is 3.09. The predicted molar refractivity (Wildman–Crippen MR) is 58.8 cm³/mol. The van der Waals surface area contributed by atoms with E-state index in [9.17, 15) is 0 Å². The van der Waals surface area contributed by atoms with Gasteiger partial charge < -0.3 is 0 Å². The third-order valence-electron chi connectivity index (χ3n) is 2.13. The predicted octanol–water partition coefficient (Wildman–Crippen LogP) is 3.14. The highest BCUT2D eigenvalue weighted by Gasteiger charge is 1.99. The van der Waals surface area contributed by atoms with Crippen molar-refractivity contribution >= 4 is 5.57 Å². The molecular weight excluding hydrogens is 170 g/mol. The van der Waals surface area contributed by atoms with Crippen molar-refractivity contribution in [3.8, 4) is 0 Å². The number of pyridine rings is 1. The van der Waals surface area contributed by atoms with Gasteiger partial charge in [-0.15, -0.1) is 0 Å². The summed E-state index contributed by atoms with van der Waals surface area (Å²) in [6.45, 7) is 4.06. The van der Waals surface area contributed by atoms with Gasteiger partial charge in [0, 0.05) is 12.4 Å². The zero-order valence-corrected chi connectivity index (χ0v) is 7.85. The molecule has 0 atom stereocenters. The molecule has 0 spiro atoms. The average molecular weight is 181 g/mol. The molecule has 1 aromatic carbocycles. The molecule has 68 valence electrons. The van der Waals surface area contributed by atoms with E-state index in [2.05, 4.69) is 23.7 Å². The molecular formula is C13H11N. The summed E-state index contributed by atoms with van der Waals surface area (Å²) in [5.74, 6) is 0. The van der Waals surface area contributed by atoms with Crippen molar-refractivity contribution < 1.29 is 0 Å². The number of aromatic nitrogens is 1. The molecule has 1 aromatic heterocycles. The van der Waals surface area contributed by atoms with Gasteiger partial charge in [-0.3, -0.25) is 4.98 Å². The first-order valence-electron chi connectivity index (χ1n) is 4.52. The second-order valence-electron chi connectivity index (χ2n) is 3.09. The van der Waals surface area contributed by atoms with Gasteiger partial charge >= 0.3 is 0 Å². The van der Waals surface area contributed by atoms with Crippen LogP contribution in [0.25, 0.3) is 5.57 Å². The maximum atomic E-state index is 4.07. The Balaban J connectivity index is 2.35. The second kappa shape index (κ2) is 3.88. The summed E-state index contributed by atoms with van der Waals surface area (Å²) >= 11 is 0. The van der Waals surface area contributed by atoms with E-state index in [-0.39, 0.29) is 0 Å². The SMILES string of the molecule is C=C(c1ccccc1)c1cccnc1. The van der Waals surface area contributed by atoms with Crippen molar-refractivity contribution in [1.29, 1.82) is 0 Å². The van der Waals surface area contributed by atoms with E-state index < -0.39 is 0 Å². The minimum atomic E-state index is 1.01. The highest BCUT2D eigenvalue weighted by atomic mass is 14.6. The summed E-state index contributed by atoms with van der Waals surface area (Å²) in [5.41, 5.74) is 3.22. The van der Waals surface area contributed by atoms with E-state index in [1.807, 2.05) is 36.5 Å². The van der Waals surface area contributed by atoms with Crippen molar-refractivity contribution in [1.82, 2.24) is 4.98 Å². The fourth-order valence-electron chi connectivity index (χ4n) is 1.35. The van der Waals surface area contributed by atoms with Crippen LogP contribution in [-0.2, 0) is 0 Å². The van der Waals surface area contributed by atoms with Crippen LogP contribution in [0.5, 0.6) is 0 Å². The molecule has 0 aliphatic rings. The first-order valence-corrected chi connectivity index (χ1v) is 4.52. The minimum Gasteiger partial charge on any atom is -0.264 e. The van der Waals surface area contributed by atoms with Crippen LogP contribution in [0.1, 0.15) is 11.1 Å². The Labute approximate surface area is 83.7 Å². The van der Waals surface area contributed by atoms with Crippen LogP contribution in [0, 0.1) is 0 Å². The first kappa shape index (κ1) is 8.70. The highest BCUT2D eigenvalue weighted by Crippen LogP contribution is 2.19. The highest BCUT2D eigenvalue weighted by molar-refractivity contribution is 5.77. The van der Waals surface area contributed by atoms with Crippen LogP contribution in [0.3, 0.4) is 0 Å². The van der Waals surface area contributed by atoms with E-state index >= 15 is 0 Å². The third-order valence-corrected chi connectivity index (χ3v) is 2.13. The molecule has 0 fully saturated rings. The minimum absolute atomic E-state index is 1.01. The molecule has 0 bridgehead atoms. The fraction of sp³-hybridized carbons (Fsp3) is 0. The summed E-state index contributed by atoms with van der Waals surface area (Å²) in [7, 11) is 0. The summed E-state index contributed by atoms with van der Waals surface area (Å²) in [4.78, 5) is 4.07. The van der Waals surface area contributed by atoms with Gasteiger partial charge in [-0.1, -0.05) is 43.0 Å². The standard InChI is InChI=1S/C13H11N/c1-11(12-6-3-2-4-7-12)13-8-5-9-14-10-13/h2-10H,1H2. The molecule has 0 aliphatic carbocycles. The summed E-state index contributed by atoms with van der Waals surface area (Å²) in [6.07, 6.45) is 3.59. The molecule has 1 nitrogen and oxygen atoms in total.